The molecule has 0 aliphatic rings. The Bertz CT molecular complexity index is 737. The van der Waals surface area contributed by atoms with Crippen molar-refractivity contribution in [2.45, 2.75) is 13.0 Å². The molecule has 2 rings (SSSR count). The predicted octanol–water partition coefficient (Wildman–Crippen LogP) is 2.83. The highest BCUT2D eigenvalue weighted by Crippen LogP contribution is 2.21. The number of amides is 1. The van der Waals surface area contributed by atoms with E-state index < -0.39 is 36.0 Å². The molecule has 0 aliphatic heterocycles. The third kappa shape index (κ3) is 3.77. The molecule has 0 saturated heterocycles. The van der Waals surface area contributed by atoms with Crippen LogP contribution in [0.25, 0.3) is 0 Å². The normalized spacial score (nSPS) is 12.0. The van der Waals surface area contributed by atoms with Crippen LogP contribution in [0.5, 0.6) is 0 Å². The number of aliphatic hydroxyl groups excluding tert-OH is 1. The molecule has 1 aromatic heterocycles. The van der Waals surface area contributed by atoms with E-state index in [1.165, 1.54) is 18.4 Å². The maximum atomic E-state index is 13.2. The molecule has 1 heterocycles. The molecular weight excluding hydrogens is 331 g/mol. The maximum Gasteiger partial charge on any atom is 0.261 e. The van der Waals surface area contributed by atoms with Crippen molar-refractivity contribution in [1.29, 1.82) is 0 Å². The largest absolute Gasteiger partial charge is 0.394 e. The molecule has 23 heavy (non-hydrogen) atoms. The molecule has 0 radical (unpaired) electrons. The zero-order valence-corrected chi connectivity index (χ0v) is 12.7. The van der Waals surface area contributed by atoms with Gasteiger partial charge in [-0.05, 0) is 30.7 Å². The highest BCUT2D eigenvalue weighted by Gasteiger charge is 2.20. The molecule has 0 fully saturated rings. The first-order valence-corrected chi connectivity index (χ1v) is 7.37. The molecule has 0 bridgehead atoms. The van der Waals surface area contributed by atoms with E-state index in [1.807, 2.05) is 0 Å². The van der Waals surface area contributed by atoms with Crippen LogP contribution in [0, 0.1) is 17.5 Å². The highest BCUT2D eigenvalue weighted by atomic mass is 32.1. The summed E-state index contributed by atoms with van der Waals surface area (Å²) in [6.45, 7) is 0.714. The summed E-state index contributed by atoms with van der Waals surface area (Å²) in [5.74, 6) is -5.28. The van der Waals surface area contributed by atoms with Crippen LogP contribution in [-0.2, 0) is 0 Å². The van der Waals surface area contributed by atoms with Crippen molar-refractivity contribution in [3.63, 3.8) is 0 Å². The number of halogens is 3. The van der Waals surface area contributed by atoms with Crippen molar-refractivity contribution >= 4 is 23.0 Å². The number of nitrogens with one attached hydrogen (secondary N) is 1. The second-order valence-electron chi connectivity index (χ2n) is 4.76. The number of carbonyl (C=O) groups is 2. The van der Waals surface area contributed by atoms with Gasteiger partial charge in [-0.25, -0.2) is 13.2 Å². The molecule has 2 aromatic rings. The van der Waals surface area contributed by atoms with Gasteiger partial charge >= 0.3 is 0 Å². The number of benzene rings is 1. The smallest absolute Gasteiger partial charge is 0.261 e. The van der Waals surface area contributed by atoms with Crippen LogP contribution in [0.4, 0.5) is 13.2 Å². The Morgan fingerprint density at radius 1 is 1.22 bits per heavy atom. The number of hydrogen-bond acceptors (Lipinski definition) is 4. The molecular formula is C15H12F3NO3S. The SMILES string of the molecule is CC(=O)c1csc(C(=O)NC(CO)c2cc(F)c(F)c(F)c2)c1. The van der Waals surface area contributed by atoms with E-state index in [4.69, 9.17) is 0 Å². The fourth-order valence-electron chi connectivity index (χ4n) is 1.88. The van der Waals surface area contributed by atoms with Gasteiger partial charge in [-0.2, -0.15) is 0 Å². The fourth-order valence-corrected chi connectivity index (χ4v) is 2.73. The zero-order valence-electron chi connectivity index (χ0n) is 11.9. The number of Topliss-reactive ketones (excluding diaryl/α,β-unsaturated/α-hetero) is 1. The number of ketones is 1. The van der Waals surface area contributed by atoms with Gasteiger partial charge < -0.3 is 10.4 Å². The minimum atomic E-state index is -1.62. The van der Waals surface area contributed by atoms with Crippen LogP contribution in [0.2, 0.25) is 0 Å². The molecule has 1 unspecified atom stereocenters. The van der Waals surface area contributed by atoms with Gasteiger partial charge in [0.1, 0.15) is 0 Å². The summed E-state index contributed by atoms with van der Waals surface area (Å²) < 4.78 is 39.4. The van der Waals surface area contributed by atoms with Gasteiger partial charge in [-0.15, -0.1) is 11.3 Å². The zero-order chi connectivity index (χ0) is 17.1. The average Bonchev–Trinajstić information content (AvgIpc) is 2.99. The van der Waals surface area contributed by atoms with Crippen LogP contribution in [0.1, 0.15) is 38.6 Å². The second kappa shape index (κ2) is 6.93. The topological polar surface area (TPSA) is 66.4 Å². The van der Waals surface area contributed by atoms with Crippen LogP contribution in [-0.4, -0.2) is 23.4 Å². The molecule has 1 aromatic carbocycles. The van der Waals surface area contributed by atoms with E-state index >= 15 is 0 Å². The second-order valence-corrected chi connectivity index (χ2v) is 5.67. The first-order chi connectivity index (χ1) is 10.8. The monoisotopic (exact) mass is 343 g/mol. The van der Waals surface area contributed by atoms with Crippen molar-refractivity contribution in [2.24, 2.45) is 0 Å². The van der Waals surface area contributed by atoms with Crippen molar-refractivity contribution < 1.29 is 27.9 Å². The number of hydrogen-bond donors (Lipinski definition) is 2. The van der Waals surface area contributed by atoms with E-state index in [-0.39, 0.29) is 16.2 Å². The van der Waals surface area contributed by atoms with Crippen LogP contribution >= 0.6 is 11.3 Å². The van der Waals surface area contributed by atoms with Gasteiger partial charge in [0.2, 0.25) is 0 Å². The number of aliphatic hydroxyl groups is 1. The quantitative estimate of drug-likeness (QED) is 0.648. The summed E-state index contributed by atoms with van der Waals surface area (Å²) in [7, 11) is 0. The molecule has 122 valence electrons. The Morgan fingerprint density at radius 2 is 1.83 bits per heavy atom. The predicted molar refractivity (Wildman–Crippen MR) is 77.9 cm³/mol. The van der Waals surface area contributed by atoms with Gasteiger partial charge in [0, 0.05) is 10.9 Å². The summed E-state index contributed by atoms with van der Waals surface area (Å²) in [6, 6.07) is 1.67. The molecule has 0 aliphatic carbocycles. The number of rotatable bonds is 5. The van der Waals surface area contributed by atoms with E-state index in [9.17, 15) is 27.9 Å². The third-order valence-electron chi connectivity index (χ3n) is 3.13. The summed E-state index contributed by atoms with van der Waals surface area (Å²) in [5, 5.41) is 13.2. The van der Waals surface area contributed by atoms with Gasteiger partial charge in [0.05, 0.1) is 17.5 Å². The Balaban J connectivity index is 2.21. The lowest BCUT2D eigenvalue weighted by Gasteiger charge is -2.16. The molecule has 0 spiro atoms. The maximum absolute atomic E-state index is 13.2. The molecule has 1 atom stereocenters. The van der Waals surface area contributed by atoms with Crippen LogP contribution < -0.4 is 5.32 Å². The lowest BCUT2D eigenvalue weighted by Crippen LogP contribution is -2.30. The summed E-state index contributed by atoms with van der Waals surface area (Å²) in [6.07, 6.45) is 0. The number of thiophene rings is 1. The van der Waals surface area contributed by atoms with E-state index in [0.29, 0.717) is 17.7 Å². The minimum Gasteiger partial charge on any atom is -0.394 e. The summed E-state index contributed by atoms with van der Waals surface area (Å²) >= 11 is 1.02. The van der Waals surface area contributed by atoms with Crippen molar-refractivity contribution in [3.05, 3.63) is 57.0 Å². The standard InChI is InChI=1S/C15H12F3NO3S/c1-7(21)9-4-13(23-6-9)15(22)19-12(5-20)8-2-10(16)14(18)11(17)3-8/h2-4,6,12,20H,5H2,1H3,(H,19,22). The summed E-state index contributed by atoms with van der Waals surface area (Å²) in [4.78, 5) is 23.5. The van der Waals surface area contributed by atoms with Crippen molar-refractivity contribution in [3.8, 4) is 0 Å². The average molecular weight is 343 g/mol. The van der Waals surface area contributed by atoms with Crippen LogP contribution in [0.3, 0.4) is 0 Å². The molecule has 1 amide bonds. The third-order valence-corrected chi connectivity index (χ3v) is 4.06. The lowest BCUT2D eigenvalue weighted by molar-refractivity contribution is 0.0920. The first-order valence-electron chi connectivity index (χ1n) is 6.49. The molecule has 4 nitrogen and oxygen atoms in total. The van der Waals surface area contributed by atoms with Gasteiger partial charge in [0.15, 0.2) is 23.2 Å². The highest BCUT2D eigenvalue weighted by molar-refractivity contribution is 7.12. The van der Waals surface area contributed by atoms with Gasteiger partial charge in [-0.3, -0.25) is 9.59 Å². The fraction of sp³-hybridized carbons (Fsp3) is 0.200. The van der Waals surface area contributed by atoms with Crippen molar-refractivity contribution in [1.82, 2.24) is 5.32 Å². The van der Waals surface area contributed by atoms with E-state index in [1.54, 1.807) is 0 Å². The summed E-state index contributed by atoms with van der Waals surface area (Å²) in [5.41, 5.74) is 0.250. The Hall–Kier alpha value is -2.19. The molecule has 8 heteroatoms. The lowest BCUT2D eigenvalue weighted by atomic mass is 10.1. The van der Waals surface area contributed by atoms with Crippen LogP contribution in [0.15, 0.2) is 23.6 Å². The Labute approximate surface area is 133 Å². The molecule has 2 N–H and O–H groups in total. The van der Waals surface area contributed by atoms with E-state index in [0.717, 1.165) is 11.3 Å². The minimum absolute atomic E-state index is 0.111. The Kier molecular flexibility index (Phi) is 5.17. The van der Waals surface area contributed by atoms with Gasteiger partial charge in [0.25, 0.3) is 5.91 Å². The van der Waals surface area contributed by atoms with Crippen molar-refractivity contribution in [2.75, 3.05) is 6.61 Å². The Morgan fingerprint density at radius 3 is 2.30 bits per heavy atom. The molecule has 0 saturated carbocycles. The van der Waals surface area contributed by atoms with Gasteiger partial charge in [-0.1, -0.05) is 0 Å². The van der Waals surface area contributed by atoms with E-state index in [2.05, 4.69) is 5.32 Å². The number of carbonyl (C=O) groups excluding carboxylic acids is 2. The first kappa shape index (κ1) is 17.2.